The van der Waals surface area contributed by atoms with Crippen molar-refractivity contribution in [1.29, 1.82) is 0 Å². The van der Waals surface area contributed by atoms with E-state index in [2.05, 4.69) is 28.6 Å². The van der Waals surface area contributed by atoms with Crippen LogP contribution in [-0.2, 0) is 13.0 Å². The van der Waals surface area contributed by atoms with Gasteiger partial charge in [0.05, 0.1) is 0 Å². The number of aryl methyl sites for hydroxylation is 1. The number of nitrogens with one attached hydrogen (secondary N) is 1. The van der Waals surface area contributed by atoms with Gasteiger partial charge in [0.25, 0.3) is 0 Å². The lowest BCUT2D eigenvalue weighted by molar-refractivity contribution is 0.335. The smallest absolute Gasteiger partial charge is 0.195 e. The molecule has 0 aromatic carbocycles. The molecular weight excluding hydrogens is 242 g/mol. The summed E-state index contributed by atoms with van der Waals surface area (Å²) in [5.41, 5.74) is 0. The van der Waals surface area contributed by atoms with E-state index in [4.69, 9.17) is 12.2 Å². The second kappa shape index (κ2) is 6.50. The highest BCUT2D eigenvalue weighted by molar-refractivity contribution is 7.71. The van der Waals surface area contributed by atoms with Gasteiger partial charge in [-0.15, -0.1) is 0 Å². The first kappa shape index (κ1) is 13.8. The minimum absolute atomic E-state index is 0.614. The van der Waals surface area contributed by atoms with Gasteiger partial charge in [0.2, 0.25) is 0 Å². The third-order valence-electron chi connectivity index (χ3n) is 3.89. The molecule has 1 heterocycles. The van der Waals surface area contributed by atoms with Gasteiger partial charge < -0.3 is 4.57 Å². The summed E-state index contributed by atoms with van der Waals surface area (Å²) in [4.78, 5) is 0. The molecule has 2 rings (SSSR count). The Balaban J connectivity index is 1.94. The molecule has 1 aromatic heterocycles. The topological polar surface area (TPSA) is 33.6 Å². The van der Waals surface area contributed by atoms with Crippen molar-refractivity contribution < 1.29 is 0 Å². The SMILES string of the molecule is CC(C)Cn1c(CCC2CCCCC2)n[nH]c1=S. The van der Waals surface area contributed by atoms with Gasteiger partial charge in [-0.25, -0.2) is 0 Å². The largest absolute Gasteiger partial charge is 0.304 e. The maximum atomic E-state index is 5.31. The van der Waals surface area contributed by atoms with Crippen LogP contribution >= 0.6 is 12.2 Å². The van der Waals surface area contributed by atoms with Crippen LogP contribution in [0.1, 0.15) is 58.2 Å². The molecule has 1 aliphatic rings. The molecule has 4 heteroatoms. The van der Waals surface area contributed by atoms with E-state index >= 15 is 0 Å². The minimum atomic E-state index is 0.614. The predicted molar refractivity (Wildman–Crippen MR) is 77.1 cm³/mol. The molecule has 1 fully saturated rings. The Hall–Kier alpha value is -0.640. The van der Waals surface area contributed by atoms with E-state index < -0.39 is 0 Å². The molecule has 18 heavy (non-hydrogen) atoms. The van der Waals surface area contributed by atoms with Crippen molar-refractivity contribution in [1.82, 2.24) is 14.8 Å². The molecule has 1 aliphatic carbocycles. The number of aromatic nitrogens is 3. The zero-order chi connectivity index (χ0) is 13.0. The van der Waals surface area contributed by atoms with E-state index in [1.807, 2.05) is 0 Å². The van der Waals surface area contributed by atoms with Gasteiger partial charge in [-0.2, -0.15) is 5.10 Å². The van der Waals surface area contributed by atoms with Crippen LogP contribution in [0.5, 0.6) is 0 Å². The average Bonchev–Trinajstić information content (AvgIpc) is 2.69. The van der Waals surface area contributed by atoms with Crippen molar-refractivity contribution in [3.05, 3.63) is 10.6 Å². The molecule has 102 valence electrons. The Bertz CT molecular complexity index is 413. The highest BCUT2D eigenvalue weighted by atomic mass is 32.1. The predicted octanol–water partition coefficient (Wildman–Crippen LogP) is 4.11. The molecule has 0 aliphatic heterocycles. The summed E-state index contributed by atoms with van der Waals surface area (Å²) in [5.74, 6) is 2.68. The molecule has 1 N–H and O–H groups in total. The number of H-pyrrole nitrogens is 1. The van der Waals surface area contributed by atoms with Crippen LogP contribution in [-0.4, -0.2) is 14.8 Å². The normalized spacial score (nSPS) is 17.5. The summed E-state index contributed by atoms with van der Waals surface area (Å²) in [6, 6.07) is 0. The molecule has 0 unspecified atom stereocenters. The van der Waals surface area contributed by atoms with Crippen molar-refractivity contribution >= 4 is 12.2 Å². The van der Waals surface area contributed by atoms with Crippen molar-refractivity contribution in [3.63, 3.8) is 0 Å². The lowest BCUT2D eigenvalue weighted by Crippen LogP contribution is -2.12. The van der Waals surface area contributed by atoms with Gasteiger partial charge in [-0.3, -0.25) is 5.10 Å². The van der Waals surface area contributed by atoms with E-state index in [1.54, 1.807) is 0 Å². The minimum Gasteiger partial charge on any atom is -0.304 e. The van der Waals surface area contributed by atoms with E-state index in [0.717, 1.165) is 29.5 Å². The lowest BCUT2D eigenvalue weighted by Gasteiger charge is -2.21. The van der Waals surface area contributed by atoms with Crippen LogP contribution in [0.15, 0.2) is 0 Å². The van der Waals surface area contributed by atoms with E-state index in [-0.39, 0.29) is 0 Å². The first-order valence-corrected chi connectivity index (χ1v) is 7.71. The Kier molecular flexibility index (Phi) is 4.98. The quantitative estimate of drug-likeness (QED) is 0.815. The molecule has 0 spiro atoms. The van der Waals surface area contributed by atoms with E-state index in [1.165, 1.54) is 38.5 Å². The maximum absolute atomic E-state index is 5.31. The Labute approximate surface area is 115 Å². The highest BCUT2D eigenvalue weighted by Crippen LogP contribution is 2.27. The third-order valence-corrected chi connectivity index (χ3v) is 4.20. The number of hydrogen-bond acceptors (Lipinski definition) is 2. The highest BCUT2D eigenvalue weighted by Gasteiger charge is 2.15. The monoisotopic (exact) mass is 267 g/mol. The fourth-order valence-corrected chi connectivity index (χ4v) is 3.13. The average molecular weight is 267 g/mol. The molecular formula is C14H25N3S. The van der Waals surface area contributed by atoms with E-state index in [0.29, 0.717) is 5.92 Å². The third kappa shape index (κ3) is 3.67. The summed E-state index contributed by atoms with van der Waals surface area (Å²) < 4.78 is 2.96. The van der Waals surface area contributed by atoms with Crippen LogP contribution in [0.25, 0.3) is 0 Å². The molecule has 1 saturated carbocycles. The summed E-state index contributed by atoms with van der Waals surface area (Å²) in [7, 11) is 0. The van der Waals surface area contributed by atoms with Gasteiger partial charge in [0.1, 0.15) is 5.82 Å². The van der Waals surface area contributed by atoms with Crippen LogP contribution in [0.4, 0.5) is 0 Å². The van der Waals surface area contributed by atoms with E-state index in [9.17, 15) is 0 Å². The molecule has 0 bridgehead atoms. The fourth-order valence-electron chi connectivity index (χ4n) is 2.90. The zero-order valence-corrected chi connectivity index (χ0v) is 12.4. The van der Waals surface area contributed by atoms with Crippen LogP contribution in [0, 0.1) is 16.6 Å². The number of hydrogen-bond donors (Lipinski definition) is 1. The molecule has 0 amide bonds. The Morgan fingerprint density at radius 1 is 1.33 bits per heavy atom. The second-order valence-corrected chi connectivity index (χ2v) is 6.38. The number of rotatable bonds is 5. The molecule has 0 radical (unpaired) electrons. The summed E-state index contributed by atoms with van der Waals surface area (Å²) in [6.45, 7) is 5.43. The van der Waals surface area contributed by atoms with Crippen LogP contribution < -0.4 is 0 Å². The van der Waals surface area contributed by atoms with Gasteiger partial charge in [-0.1, -0.05) is 46.0 Å². The number of nitrogens with zero attached hydrogens (tertiary/aromatic N) is 2. The fraction of sp³-hybridized carbons (Fsp3) is 0.857. The summed E-state index contributed by atoms with van der Waals surface area (Å²) >= 11 is 5.31. The van der Waals surface area contributed by atoms with Crippen molar-refractivity contribution in [3.8, 4) is 0 Å². The number of aromatic amines is 1. The van der Waals surface area contributed by atoms with Crippen LogP contribution in [0.3, 0.4) is 0 Å². The van der Waals surface area contributed by atoms with Gasteiger partial charge in [-0.05, 0) is 30.5 Å². The Morgan fingerprint density at radius 3 is 2.72 bits per heavy atom. The van der Waals surface area contributed by atoms with Crippen molar-refractivity contribution in [2.24, 2.45) is 11.8 Å². The first-order valence-electron chi connectivity index (χ1n) is 7.31. The molecule has 1 aromatic rings. The summed E-state index contributed by atoms with van der Waals surface area (Å²) in [6.07, 6.45) is 9.45. The lowest BCUT2D eigenvalue weighted by atomic mass is 9.86. The van der Waals surface area contributed by atoms with Crippen LogP contribution in [0.2, 0.25) is 0 Å². The standard InChI is InChI=1S/C14H25N3S/c1-11(2)10-17-13(15-16-14(17)18)9-8-12-6-4-3-5-7-12/h11-12H,3-10H2,1-2H3,(H,16,18). The maximum Gasteiger partial charge on any atom is 0.195 e. The molecule has 3 nitrogen and oxygen atoms in total. The summed E-state index contributed by atoms with van der Waals surface area (Å²) in [5, 5.41) is 7.35. The van der Waals surface area contributed by atoms with Gasteiger partial charge in [0.15, 0.2) is 4.77 Å². The van der Waals surface area contributed by atoms with Gasteiger partial charge in [0, 0.05) is 13.0 Å². The second-order valence-electron chi connectivity index (χ2n) is 5.99. The molecule has 0 saturated heterocycles. The molecule has 0 atom stereocenters. The van der Waals surface area contributed by atoms with Crippen molar-refractivity contribution in [2.45, 2.75) is 65.3 Å². The first-order chi connectivity index (χ1) is 8.66. The zero-order valence-electron chi connectivity index (χ0n) is 11.6. The van der Waals surface area contributed by atoms with Gasteiger partial charge >= 0.3 is 0 Å². The Morgan fingerprint density at radius 2 is 2.06 bits per heavy atom. The van der Waals surface area contributed by atoms with Crippen molar-refractivity contribution in [2.75, 3.05) is 0 Å².